The smallest absolute Gasteiger partial charge is 0.269 e. The van der Waals surface area contributed by atoms with Gasteiger partial charge in [-0.1, -0.05) is 18.7 Å². The molecule has 0 bridgehead atoms. The molecule has 1 saturated heterocycles. The van der Waals surface area contributed by atoms with Crippen molar-refractivity contribution in [3.8, 4) is 0 Å². The van der Waals surface area contributed by atoms with Crippen molar-refractivity contribution in [2.45, 2.75) is 18.7 Å². The Morgan fingerprint density at radius 1 is 1.27 bits per heavy atom. The first-order valence-corrected chi connectivity index (χ1v) is 9.07. The maximum atomic E-state index is 13.1. The van der Waals surface area contributed by atoms with Crippen LogP contribution in [0.3, 0.4) is 0 Å². The normalized spacial score (nSPS) is 19.8. The number of rotatable bonds is 4. The first-order chi connectivity index (χ1) is 12.3. The van der Waals surface area contributed by atoms with Crippen LogP contribution in [0.25, 0.3) is 0 Å². The van der Waals surface area contributed by atoms with Gasteiger partial charge in [0, 0.05) is 19.8 Å². The standard InChI is InChI=1S/C18H20FN4O2S/c1-11(2)9-23-14-15(21(3)18(25)22(4)16(14)24)20-17(23)26-10-12-5-7-13(19)8-6-12/h5-8,14H,1,9-10H2,2-4H3/q+1. The van der Waals surface area contributed by atoms with E-state index in [0.717, 1.165) is 16.0 Å². The van der Waals surface area contributed by atoms with E-state index in [-0.39, 0.29) is 11.7 Å². The Hall–Kier alpha value is -2.48. The summed E-state index contributed by atoms with van der Waals surface area (Å²) in [4.78, 5) is 31.9. The molecule has 0 spiro atoms. The number of amides is 3. The number of urea groups is 1. The van der Waals surface area contributed by atoms with Crippen LogP contribution in [0, 0.1) is 5.82 Å². The molecule has 1 unspecified atom stereocenters. The van der Waals surface area contributed by atoms with Crippen LogP contribution in [-0.4, -0.2) is 64.0 Å². The average Bonchev–Trinajstić information content (AvgIpc) is 2.95. The number of carbonyl (C=O) groups is 2. The number of likely N-dealkylation sites (N-methyl/N-ethyl adjacent to an activating group) is 2. The number of hydrogen-bond acceptors (Lipinski definition) is 4. The molecular weight excluding hydrogens is 355 g/mol. The molecular formula is C18H20FN4O2S+. The topological polar surface area (TPSA) is 56.0 Å². The van der Waals surface area contributed by atoms with Gasteiger partial charge in [0.1, 0.15) is 12.4 Å². The lowest BCUT2D eigenvalue weighted by atomic mass is 10.1. The fourth-order valence-electron chi connectivity index (χ4n) is 2.87. The number of aliphatic imine (C=N–C) groups is 1. The Morgan fingerprint density at radius 2 is 1.92 bits per heavy atom. The van der Waals surface area contributed by atoms with Crippen molar-refractivity contribution in [1.29, 1.82) is 0 Å². The molecule has 2 heterocycles. The zero-order valence-corrected chi connectivity index (χ0v) is 15.7. The number of imide groups is 1. The summed E-state index contributed by atoms with van der Waals surface area (Å²) in [6.45, 7) is 6.28. The number of amidine groups is 2. The van der Waals surface area contributed by atoms with E-state index in [2.05, 4.69) is 11.6 Å². The molecule has 1 atom stereocenters. The minimum Gasteiger partial charge on any atom is -0.269 e. The summed E-state index contributed by atoms with van der Waals surface area (Å²) >= 11 is 1.45. The van der Waals surface area contributed by atoms with Crippen LogP contribution in [0.15, 0.2) is 41.4 Å². The van der Waals surface area contributed by atoms with Gasteiger partial charge in [0.05, 0.1) is 0 Å². The highest BCUT2D eigenvalue weighted by atomic mass is 32.2. The van der Waals surface area contributed by atoms with Gasteiger partial charge in [-0.05, 0) is 46.9 Å². The molecule has 2 aliphatic rings. The summed E-state index contributed by atoms with van der Waals surface area (Å²) in [7, 11) is 3.09. The molecule has 0 aromatic heterocycles. The first-order valence-electron chi connectivity index (χ1n) is 8.08. The third-order valence-corrected chi connectivity index (χ3v) is 5.28. The highest BCUT2D eigenvalue weighted by molar-refractivity contribution is 8.13. The van der Waals surface area contributed by atoms with E-state index in [0.29, 0.717) is 23.3 Å². The zero-order chi connectivity index (χ0) is 19.0. The van der Waals surface area contributed by atoms with Crippen molar-refractivity contribution in [2.75, 3.05) is 20.6 Å². The van der Waals surface area contributed by atoms with Crippen LogP contribution >= 0.6 is 11.8 Å². The van der Waals surface area contributed by atoms with Crippen LogP contribution < -0.4 is 0 Å². The van der Waals surface area contributed by atoms with Crippen LogP contribution in [0.4, 0.5) is 9.18 Å². The summed E-state index contributed by atoms with van der Waals surface area (Å²) in [5.41, 5.74) is 1.83. The second-order valence-corrected chi connectivity index (χ2v) is 7.34. The van der Waals surface area contributed by atoms with Crippen LogP contribution in [0.1, 0.15) is 12.5 Å². The highest BCUT2D eigenvalue weighted by Crippen LogP contribution is 2.25. The predicted octanol–water partition coefficient (Wildman–Crippen LogP) is 2.31. The van der Waals surface area contributed by atoms with Gasteiger partial charge in [-0.15, -0.1) is 0 Å². The first kappa shape index (κ1) is 18.3. The van der Waals surface area contributed by atoms with Gasteiger partial charge in [0.15, 0.2) is 0 Å². The van der Waals surface area contributed by atoms with E-state index in [1.165, 1.54) is 35.8 Å². The van der Waals surface area contributed by atoms with E-state index in [9.17, 15) is 14.0 Å². The number of benzene rings is 1. The summed E-state index contributed by atoms with van der Waals surface area (Å²) in [5.74, 6) is 0.427. The molecule has 26 heavy (non-hydrogen) atoms. The highest BCUT2D eigenvalue weighted by Gasteiger charge is 2.53. The van der Waals surface area contributed by atoms with Crippen molar-refractivity contribution in [2.24, 2.45) is 4.99 Å². The van der Waals surface area contributed by atoms with E-state index in [1.54, 1.807) is 19.2 Å². The number of fused-ring (bicyclic) bond motifs is 1. The van der Waals surface area contributed by atoms with Gasteiger partial charge < -0.3 is 0 Å². The molecule has 0 saturated carbocycles. The molecule has 0 radical (unpaired) electrons. The molecule has 136 valence electrons. The van der Waals surface area contributed by atoms with Gasteiger partial charge in [-0.2, -0.15) is 0 Å². The van der Waals surface area contributed by atoms with Crippen LogP contribution in [0.2, 0.25) is 0 Å². The van der Waals surface area contributed by atoms with Gasteiger partial charge in [-0.25, -0.2) is 13.8 Å². The molecule has 1 aromatic rings. The van der Waals surface area contributed by atoms with Crippen LogP contribution in [0.5, 0.6) is 0 Å². The van der Waals surface area contributed by atoms with Gasteiger partial charge in [0.25, 0.3) is 17.8 Å². The number of thioether (sulfide) groups is 1. The molecule has 3 amide bonds. The third kappa shape index (κ3) is 3.29. The zero-order valence-electron chi connectivity index (χ0n) is 14.9. The minimum absolute atomic E-state index is 0.281. The molecule has 2 aliphatic heterocycles. The number of halogens is 1. The SMILES string of the molecule is C=C(C)C[N+]1=C(SCc2ccc(F)cc2)N=C2C1C(=O)N(C)C(=O)N2C. The number of hydrogen-bond donors (Lipinski definition) is 0. The van der Waals surface area contributed by atoms with E-state index in [4.69, 9.17) is 0 Å². The Bertz CT molecular complexity index is 847. The Morgan fingerprint density at radius 3 is 2.54 bits per heavy atom. The molecule has 0 N–H and O–H groups in total. The Balaban J connectivity index is 1.91. The molecule has 3 rings (SSSR count). The number of nitrogens with zero attached hydrogens (tertiary/aromatic N) is 4. The van der Waals surface area contributed by atoms with Crippen molar-refractivity contribution >= 4 is 34.7 Å². The molecule has 8 heteroatoms. The van der Waals surface area contributed by atoms with Crippen molar-refractivity contribution in [1.82, 2.24) is 9.80 Å². The van der Waals surface area contributed by atoms with Gasteiger partial charge in [-0.3, -0.25) is 14.6 Å². The maximum absolute atomic E-state index is 13.1. The second-order valence-electron chi connectivity index (χ2n) is 6.39. The summed E-state index contributed by atoms with van der Waals surface area (Å²) in [6, 6.07) is 5.24. The van der Waals surface area contributed by atoms with E-state index < -0.39 is 12.1 Å². The predicted molar refractivity (Wildman–Crippen MR) is 99.8 cm³/mol. The van der Waals surface area contributed by atoms with Crippen molar-refractivity contribution in [3.05, 3.63) is 47.8 Å². The second kappa shape index (κ2) is 7.03. The maximum Gasteiger partial charge on any atom is 0.358 e. The lowest BCUT2D eigenvalue weighted by molar-refractivity contribution is -0.524. The largest absolute Gasteiger partial charge is 0.358 e. The average molecular weight is 375 g/mol. The van der Waals surface area contributed by atoms with Gasteiger partial charge in [0.2, 0.25) is 0 Å². The Kier molecular flexibility index (Phi) is 4.95. The minimum atomic E-state index is -0.630. The monoisotopic (exact) mass is 375 g/mol. The van der Waals surface area contributed by atoms with Crippen LogP contribution in [-0.2, 0) is 10.5 Å². The molecule has 1 fully saturated rings. The Labute approximate surface area is 155 Å². The summed E-state index contributed by atoms with van der Waals surface area (Å²) in [5, 5.41) is 0.653. The number of carbonyl (C=O) groups excluding carboxylic acids is 2. The summed E-state index contributed by atoms with van der Waals surface area (Å²) < 4.78 is 14.9. The molecule has 1 aromatic carbocycles. The molecule has 0 aliphatic carbocycles. The third-order valence-electron chi connectivity index (χ3n) is 4.22. The fraction of sp³-hybridized carbons (Fsp3) is 0.333. The van der Waals surface area contributed by atoms with Crippen molar-refractivity contribution < 1.29 is 18.6 Å². The summed E-state index contributed by atoms with van der Waals surface area (Å²) in [6.07, 6.45) is 0. The molecule has 6 nitrogen and oxygen atoms in total. The van der Waals surface area contributed by atoms with E-state index in [1.807, 2.05) is 11.5 Å². The lowest BCUT2D eigenvalue weighted by Gasteiger charge is -2.30. The van der Waals surface area contributed by atoms with Gasteiger partial charge >= 0.3 is 11.2 Å². The van der Waals surface area contributed by atoms with Crippen molar-refractivity contribution in [3.63, 3.8) is 0 Å². The fourth-order valence-corrected chi connectivity index (χ4v) is 3.85. The quantitative estimate of drug-likeness (QED) is 0.599. The van der Waals surface area contributed by atoms with E-state index >= 15 is 0 Å². The lowest BCUT2D eigenvalue weighted by Crippen LogP contribution is -2.61.